The minimum absolute atomic E-state index is 0.0837. The van der Waals surface area contributed by atoms with Crippen LogP contribution in [-0.4, -0.2) is 33.4 Å². The van der Waals surface area contributed by atoms with E-state index in [4.69, 9.17) is 4.74 Å². The summed E-state index contributed by atoms with van der Waals surface area (Å²) in [4.78, 5) is 23.8. The molecule has 4 aliphatic rings. The number of esters is 1. The first-order chi connectivity index (χ1) is 13.0. The van der Waals surface area contributed by atoms with Crippen LogP contribution < -0.4 is 0 Å². The lowest BCUT2D eigenvalue weighted by Crippen LogP contribution is -2.60. The molecular formula is C23H35BrO4. The Morgan fingerprint density at radius 2 is 1.71 bits per heavy atom. The number of ether oxygens (including phenoxy) is 1. The van der Waals surface area contributed by atoms with Crippen LogP contribution in [0.2, 0.25) is 0 Å². The molecule has 158 valence electrons. The number of Topliss-reactive ketones (excluding diaryl/α,β-unsaturated/α-hetero) is 1. The van der Waals surface area contributed by atoms with E-state index in [1.165, 1.54) is 19.8 Å². The van der Waals surface area contributed by atoms with Crippen molar-refractivity contribution in [2.75, 3.05) is 0 Å². The molecule has 4 rings (SSSR count). The Hall–Kier alpha value is -0.420. The second-order valence-corrected chi connectivity index (χ2v) is 11.8. The molecular weight excluding hydrogens is 420 g/mol. The third kappa shape index (κ3) is 2.71. The summed E-state index contributed by atoms with van der Waals surface area (Å²) in [5, 5.41) is 11.5. The van der Waals surface area contributed by atoms with E-state index in [-0.39, 0.29) is 28.1 Å². The Morgan fingerprint density at radius 1 is 1.00 bits per heavy atom. The van der Waals surface area contributed by atoms with Gasteiger partial charge >= 0.3 is 5.97 Å². The van der Waals surface area contributed by atoms with Crippen molar-refractivity contribution in [2.24, 2.45) is 34.5 Å². The molecule has 4 saturated carbocycles. The minimum atomic E-state index is -1.24. The standard InChI is InChI=1S/C23H35BrO4/c1-13(25)23(27)20(24)12-19-17-6-5-15-11-16(28-14(2)26)7-9-21(15,3)18(17)8-10-22(19,23)4/h15-20,27H,5-12H2,1-4H3/t15-,16+,17+,18-,19-,20+,21-,22-,23+/m0/s1. The van der Waals surface area contributed by atoms with E-state index in [2.05, 4.69) is 29.8 Å². The summed E-state index contributed by atoms with van der Waals surface area (Å²) in [6, 6.07) is 0. The highest BCUT2D eigenvalue weighted by molar-refractivity contribution is 9.09. The van der Waals surface area contributed by atoms with Crippen LogP contribution in [0, 0.1) is 34.5 Å². The topological polar surface area (TPSA) is 63.6 Å². The van der Waals surface area contributed by atoms with Crippen molar-refractivity contribution < 1.29 is 19.4 Å². The van der Waals surface area contributed by atoms with Gasteiger partial charge < -0.3 is 9.84 Å². The van der Waals surface area contributed by atoms with Gasteiger partial charge in [-0.25, -0.2) is 0 Å². The second kappa shape index (κ2) is 6.80. The zero-order valence-electron chi connectivity index (χ0n) is 17.7. The van der Waals surface area contributed by atoms with Crippen LogP contribution in [-0.2, 0) is 14.3 Å². The summed E-state index contributed by atoms with van der Waals surface area (Å²) >= 11 is 3.70. The average molecular weight is 455 g/mol. The lowest BCUT2D eigenvalue weighted by Gasteiger charge is -2.61. The largest absolute Gasteiger partial charge is 0.463 e. The van der Waals surface area contributed by atoms with Crippen LogP contribution in [0.4, 0.5) is 0 Å². The first-order valence-corrected chi connectivity index (χ1v) is 12.0. The van der Waals surface area contributed by atoms with Gasteiger partial charge in [-0.1, -0.05) is 29.8 Å². The zero-order valence-corrected chi connectivity index (χ0v) is 19.3. The first-order valence-electron chi connectivity index (χ1n) is 11.1. The van der Waals surface area contributed by atoms with E-state index in [1.807, 2.05) is 0 Å². The first kappa shape index (κ1) is 20.8. The molecule has 5 heteroatoms. The molecule has 0 radical (unpaired) electrons. The van der Waals surface area contributed by atoms with Gasteiger partial charge in [0.05, 0.1) is 4.83 Å². The Balaban J connectivity index is 1.59. The molecule has 28 heavy (non-hydrogen) atoms. The van der Waals surface area contributed by atoms with Crippen molar-refractivity contribution in [2.45, 2.75) is 95.6 Å². The normalized spacial score (nSPS) is 52.9. The molecule has 0 aromatic heterocycles. The number of hydrogen-bond donors (Lipinski definition) is 1. The van der Waals surface area contributed by atoms with E-state index in [9.17, 15) is 14.7 Å². The Kier molecular flexibility index (Phi) is 5.06. The van der Waals surface area contributed by atoms with Gasteiger partial charge in [-0.05, 0) is 87.4 Å². The molecule has 4 aliphatic carbocycles. The van der Waals surface area contributed by atoms with Gasteiger partial charge in [0.2, 0.25) is 0 Å². The van der Waals surface area contributed by atoms with Gasteiger partial charge in [0.1, 0.15) is 11.7 Å². The Morgan fingerprint density at radius 3 is 2.36 bits per heavy atom. The van der Waals surface area contributed by atoms with E-state index in [0.717, 1.165) is 38.5 Å². The number of alkyl halides is 1. The average Bonchev–Trinajstić information content (AvgIpc) is 2.83. The summed E-state index contributed by atoms with van der Waals surface area (Å²) in [7, 11) is 0. The minimum Gasteiger partial charge on any atom is -0.463 e. The van der Waals surface area contributed by atoms with Gasteiger partial charge in [0, 0.05) is 12.3 Å². The lowest BCUT2D eigenvalue weighted by molar-refractivity contribution is -0.174. The van der Waals surface area contributed by atoms with Crippen molar-refractivity contribution in [1.82, 2.24) is 0 Å². The van der Waals surface area contributed by atoms with Crippen LogP contribution in [0.5, 0.6) is 0 Å². The molecule has 0 bridgehead atoms. The fourth-order valence-electron chi connectivity index (χ4n) is 8.16. The fourth-order valence-corrected chi connectivity index (χ4v) is 9.41. The predicted molar refractivity (Wildman–Crippen MR) is 111 cm³/mol. The van der Waals surface area contributed by atoms with E-state index in [0.29, 0.717) is 29.1 Å². The second-order valence-electron chi connectivity index (χ2n) is 10.6. The fraction of sp³-hybridized carbons (Fsp3) is 0.913. The van der Waals surface area contributed by atoms with Gasteiger partial charge in [-0.15, -0.1) is 0 Å². The molecule has 9 atom stereocenters. The van der Waals surface area contributed by atoms with Gasteiger partial charge in [0.25, 0.3) is 0 Å². The Bertz CT molecular complexity index is 680. The summed E-state index contributed by atoms with van der Waals surface area (Å²) in [5.41, 5.74) is -1.28. The van der Waals surface area contributed by atoms with E-state index in [1.54, 1.807) is 6.92 Å². The van der Waals surface area contributed by atoms with E-state index < -0.39 is 5.60 Å². The maximum atomic E-state index is 12.5. The highest BCUT2D eigenvalue weighted by Gasteiger charge is 2.69. The van der Waals surface area contributed by atoms with Crippen LogP contribution in [0.1, 0.15) is 79.1 Å². The van der Waals surface area contributed by atoms with Gasteiger partial charge in [-0.2, -0.15) is 0 Å². The molecule has 4 fully saturated rings. The molecule has 0 amide bonds. The molecule has 0 aromatic rings. The predicted octanol–water partition coefficient (Wildman–Crippen LogP) is 4.65. The molecule has 0 saturated heterocycles. The van der Waals surface area contributed by atoms with Crippen LogP contribution >= 0.6 is 15.9 Å². The lowest BCUT2D eigenvalue weighted by atomic mass is 9.44. The number of ketones is 1. The quantitative estimate of drug-likeness (QED) is 0.486. The monoisotopic (exact) mass is 454 g/mol. The number of halogens is 1. The molecule has 0 heterocycles. The van der Waals surface area contributed by atoms with Crippen LogP contribution in [0.3, 0.4) is 0 Å². The Labute approximate surface area is 177 Å². The molecule has 0 aromatic carbocycles. The van der Waals surface area contributed by atoms with Crippen molar-refractivity contribution in [1.29, 1.82) is 0 Å². The molecule has 0 aliphatic heterocycles. The van der Waals surface area contributed by atoms with Crippen LogP contribution in [0.25, 0.3) is 0 Å². The molecule has 1 N–H and O–H groups in total. The summed E-state index contributed by atoms with van der Waals surface area (Å²) in [6.07, 6.45) is 8.43. The number of hydrogen-bond acceptors (Lipinski definition) is 4. The summed E-state index contributed by atoms with van der Waals surface area (Å²) < 4.78 is 5.56. The van der Waals surface area contributed by atoms with Crippen molar-refractivity contribution in [3.8, 4) is 0 Å². The third-order valence-corrected chi connectivity index (χ3v) is 10.7. The smallest absolute Gasteiger partial charge is 0.302 e. The van der Waals surface area contributed by atoms with Gasteiger partial charge in [-0.3, -0.25) is 9.59 Å². The highest BCUT2D eigenvalue weighted by atomic mass is 79.9. The number of carbonyl (C=O) groups is 2. The molecule has 0 spiro atoms. The van der Waals surface area contributed by atoms with Crippen molar-refractivity contribution in [3.63, 3.8) is 0 Å². The SMILES string of the molecule is CC(=O)O[C@@H]1CC[C@@]2(C)[C@@H](CC[C@@H]3[C@@H]2CC[C@@]2(C)[C@H]3C[C@@H](Br)[C@]2(O)C(C)=O)C1. The number of rotatable bonds is 2. The van der Waals surface area contributed by atoms with Crippen molar-refractivity contribution in [3.05, 3.63) is 0 Å². The number of carbonyl (C=O) groups excluding carboxylic acids is 2. The molecule has 0 unspecified atom stereocenters. The zero-order chi connectivity index (χ0) is 20.5. The highest BCUT2D eigenvalue weighted by Crippen LogP contribution is 2.69. The maximum Gasteiger partial charge on any atom is 0.302 e. The van der Waals surface area contributed by atoms with Gasteiger partial charge in [0.15, 0.2) is 5.78 Å². The van der Waals surface area contributed by atoms with Crippen molar-refractivity contribution >= 4 is 27.7 Å². The third-order valence-electron chi connectivity index (χ3n) is 9.66. The van der Waals surface area contributed by atoms with E-state index >= 15 is 0 Å². The summed E-state index contributed by atoms with van der Waals surface area (Å²) in [6.45, 7) is 7.71. The van der Waals surface area contributed by atoms with Crippen LogP contribution in [0.15, 0.2) is 0 Å². The molecule has 4 nitrogen and oxygen atoms in total. The summed E-state index contributed by atoms with van der Waals surface area (Å²) in [5.74, 6) is 2.00. The maximum absolute atomic E-state index is 12.5. The number of aliphatic hydroxyl groups is 1. The number of fused-ring (bicyclic) bond motifs is 5.